The Bertz CT molecular complexity index is 588. The zero-order valence-electron chi connectivity index (χ0n) is 10.3. The average Bonchev–Trinajstić information content (AvgIpc) is 2.59. The number of aromatic nitrogens is 3. The molecule has 2 heterocycles. The predicted molar refractivity (Wildman–Crippen MR) is 75.6 cm³/mol. The third-order valence-corrected chi connectivity index (χ3v) is 2.84. The molecule has 7 heteroatoms. The van der Waals surface area contributed by atoms with Crippen molar-refractivity contribution in [2.75, 3.05) is 5.32 Å². The van der Waals surface area contributed by atoms with Crippen molar-refractivity contribution < 1.29 is 9.53 Å². The third kappa shape index (κ3) is 2.89. The average molecular weight is 360 g/mol. The van der Waals surface area contributed by atoms with Crippen molar-refractivity contribution in [3.05, 3.63) is 22.2 Å². The molecule has 0 saturated heterocycles. The highest BCUT2D eigenvalue weighted by atomic mass is 127. The maximum Gasteiger partial charge on any atom is 0.413 e. The number of rotatable bonds is 1. The van der Waals surface area contributed by atoms with E-state index in [2.05, 4.69) is 38.0 Å². The molecule has 1 N–H and O–H groups in total. The highest BCUT2D eigenvalue weighted by Gasteiger charge is 2.17. The second-order valence-electron chi connectivity index (χ2n) is 4.69. The van der Waals surface area contributed by atoms with Crippen molar-refractivity contribution >= 4 is 40.0 Å². The Morgan fingerprint density at radius 2 is 2.17 bits per heavy atom. The summed E-state index contributed by atoms with van der Waals surface area (Å²) in [6.45, 7) is 5.42. The van der Waals surface area contributed by atoms with Crippen LogP contribution in [0.4, 0.5) is 10.6 Å². The molecule has 0 saturated carbocycles. The molecule has 2 aromatic heterocycles. The summed E-state index contributed by atoms with van der Waals surface area (Å²) in [5.74, 6) is 0.433. The number of ether oxygens (including phenoxy) is 1. The molecule has 0 aliphatic carbocycles. The summed E-state index contributed by atoms with van der Waals surface area (Å²) in [5, 5.41) is 6.71. The first-order chi connectivity index (χ1) is 8.37. The molecule has 0 fully saturated rings. The van der Waals surface area contributed by atoms with Crippen molar-refractivity contribution in [1.29, 1.82) is 0 Å². The van der Waals surface area contributed by atoms with Crippen LogP contribution in [0.1, 0.15) is 20.8 Å². The molecule has 6 nitrogen and oxygen atoms in total. The first-order valence-corrected chi connectivity index (χ1v) is 6.43. The summed E-state index contributed by atoms with van der Waals surface area (Å²) in [5.41, 5.74) is 0.192. The van der Waals surface area contributed by atoms with Gasteiger partial charge in [-0.25, -0.2) is 14.3 Å². The lowest BCUT2D eigenvalue weighted by atomic mass is 10.2. The SMILES string of the molecule is CC(C)(C)OC(=O)Nc1ncnn2c(I)ccc12. The molecule has 2 rings (SSSR count). The number of anilines is 1. The summed E-state index contributed by atoms with van der Waals surface area (Å²) in [7, 11) is 0. The Balaban J connectivity index is 2.24. The Kier molecular flexibility index (Phi) is 3.42. The summed E-state index contributed by atoms with van der Waals surface area (Å²) in [6.07, 6.45) is 0.862. The highest BCUT2D eigenvalue weighted by molar-refractivity contribution is 14.1. The van der Waals surface area contributed by atoms with Gasteiger partial charge in [0, 0.05) is 0 Å². The summed E-state index contributed by atoms with van der Waals surface area (Å²) in [4.78, 5) is 15.7. The van der Waals surface area contributed by atoms with E-state index in [4.69, 9.17) is 4.74 Å². The molecule has 0 aliphatic heterocycles. The van der Waals surface area contributed by atoms with E-state index in [9.17, 15) is 4.79 Å². The molecule has 18 heavy (non-hydrogen) atoms. The molecule has 1 amide bonds. The molecular formula is C11H13IN4O2. The van der Waals surface area contributed by atoms with Crippen LogP contribution in [-0.4, -0.2) is 26.3 Å². The van der Waals surface area contributed by atoms with Crippen LogP contribution >= 0.6 is 22.6 Å². The molecular weight excluding hydrogens is 347 g/mol. The maximum absolute atomic E-state index is 11.7. The number of hydrogen-bond donors (Lipinski definition) is 1. The Labute approximate surface area is 118 Å². The van der Waals surface area contributed by atoms with E-state index in [0.717, 1.165) is 9.22 Å². The second-order valence-corrected chi connectivity index (χ2v) is 5.79. The number of halogens is 1. The van der Waals surface area contributed by atoms with Crippen LogP contribution in [0.15, 0.2) is 18.5 Å². The Hall–Kier alpha value is -1.38. The number of nitrogens with zero attached hydrogens (tertiary/aromatic N) is 3. The van der Waals surface area contributed by atoms with Crippen molar-refractivity contribution in [3.63, 3.8) is 0 Å². The molecule has 96 valence electrons. The smallest absolute Gasteiger partial charge is 0.413 e. The predicted octanol–water partition coefficient (Wildman–Crippen LogP) is 2.68. The van der Waals surface area contributed by atoms with Gasteiger partial charge in [-0.3, -0.25) is 5.32 Å². The van der Waals surface area contributed by atoms with Gasteiger partial charge in [0.15, 0.2) is 5.82 Å². The van der Waals surface area contributed by atoms with E-state index in [1.165, 1.54) is 6.33 Å². The van der Waals surface area contributed by atoms with Gasteiger partial charge in [-0.05, 0) is 55.5 Å². The number of nitrogens with one attached hydrogen (secondary N) is 1. The minimum Gasteiger partial charge on any atom is -0.444 e. The van der Waals surface area contributed by atoms with Crippen LogP contribution in [0.5, 0.6) is 0 Å². The standard InChI is InChI=1S/C11H13IN4O2/c1-11(2,3)18-10(17)15-9-7-4-5-8(12)16(7)14-6-13-9/h4-6H,1-3H3,(H,13,14,15,17). The lowest BCUT2D eigenvalue weighted by molar-refractivity contribution is 0.0635. The number of amides is 1. The molecule has 0 aliphatic rings. The zero-order valence-corrected chi connectivity index (χ0v) is 12.4. The Morgan fingerprint density at radius 3 is 2.83 bits per heavy atom. The van der Waals surface area contributed by atoms with Crippen molar-refractivity contribution in [2.45, 2.75) is 26.4 Å². The van der Waals surface area contributed by atoms with Crippen molar-refractivity contribution in [2.24, 2.45) is 0 Å². The quantitative estimate of drug-likeness (QED) is 0.794. The summed E-state index contributed by atoms with van der Waals surface area (Å²) >= 11 is 2.15. The molecule has 0 atom stereocenters. The molecule has 2 aromatic rings. The lowest BCUT2D eigenvalue weighted by Gasteiger charge is -2.19. The topological polar surface area (TPSA) is 68.5 Å². The van der Waals surface area contributed by atoms with Crippen LogP contribution in [-0.2, 0) is 4.74 Å². The normalized spacial score (nSPS) is 11.6. The largest absolute Gasteiger partial charge is 0.444 e. The van der Waals surface area contributed by atoms with Gasteiger partial charge < -0.3 is 4.74 Å². The summed E-state index contributed by atoms with van der Waals surface area (Å²) in [6, 6.07) is 3.74. The fraction of sp³-hybridized carbons (Fsp3) is 0.364. The van der Waals surface area contributed by atoms with E-state index >= 15 is 0 Å². The first-order valence-electron chi connectivity index (χ1n) is 5.35. The monoisotopic (exact) mass is 360 g/mol. The number of carbonyl (C=O) groups excluding carboxylic acids is 1. The van der Waals surface area contributed by atoms with E-state index in [-0.39, 0.29) is 0 Å². The van der Waals surface area contributed by atoms with Gasteiger partial charge in [-0.2, -0.15) is 5.10 Å². The third-order valence-electron chi connectivity index (χ3n) is 2.03. The molecule has 0 radical (unpaired) electrons. The molecule has 0 aromatic carbocycles. The van der Waals surface area contributed by atoms with Crippen LogP contribution < -0.4 is 5.32 Å². The van der Waals surface area contributed by atoms with Crippen molar-refractivity contribution in [1.82, 2.24) is 14.6 Å². The first kappa shape index (κ1) is 13.1. The van der Waals surface area contributed by atoms with E-state index in [1.54, 1.807) is 4.52 Å². The number of hydrogen-bond acceptors (Lipinski definition) is 4. The van der Waals surface area contributed by atoms with Crippen LogP contribution in [0.25, 0.3) is 5.52 Å². The molecule has 0 spiro atoms. The van der Waals surface area contributed by atoms with Crippen molar-refractivity contribution in [3.8, 4) is 0 Å². The van der Waals surface area contributed by atoms with Gasteiger partial charge in [0.2, 0.25) is 0 Å². The van der Waals surface area contributed by atoms with E-state index in [1.807, 2.05) is 32.9 Å². The van der Waals surface area contributed by atoms with E-state index < -0.39 is 11.7 Å². The lowest BCUT2D eigenvalue weighted by Crippen LogP contribution is -2.27. The molecule has 0 unspecified atom stereocenters. The number of fused-ring (bicyclic) bond motifs is 1. The Morgan fingerprint density at radius 1 is 1.44 bits per heavy atom. The van der Waals surface area contributed by atoms with Crippen LogP contribution in [0, 0.1) is 3.70 Å². The van der Waals surface area contributed by atoms with Gasteiger partial charge in [0.05, 0.1) is 0 Å². The zero-order chi connectivity index (χ0) is 13.3. The second kappa shape index (κ2) is 4.71. The fourth-order valence-corrected chi connectivity index (χ4v) is 1.96. The highest BCUT2D eigenvalue weighted by Crippen LogP contribution is 2.18. The fourth-order valence-electron chi connectivity index (χ4n) is 1.40. The van der Waals surface area contributed by atoms with Gasteiger partial charge in [-0.1, -0.05) is 0 Å². The maximum atomic E-state index is 11.7. The van der Waals surface area contributed by atoms with Gasteiger partial charge in [-0.15, -0.1) is 0 Å². The minimum atomic E-state index is -0.538. The summed E-state index contributed by atoms with van der Waals surface area (Å²) < 4.78 is 7.81. The van der Waals surface area contributed by atoms with Crippen LogP contribution in [0.3, 0.4) is 0 Å². The van der Waals surface area contributed by atoms with Gasteiger partial charge >= 0.3 is 6.09 Å². The van der Waals surface area contributed by atoms with Gasteiger partial charge in [0.25, 0.3) is 0 Å². The minimum absolute atomic E-state index is 0.433. The van der Waals surface area contributed by atoms with Crippen LogP contribution in [0.2, 0.25) is 0 Å². The van der Waals surface area contributed by atoms with E-state index in [0.29, 0.717) is 5.82 Å². The molecule has 0 bridgehead atoms. The number of carbonyl (C=O) groups is 1. The van der Waals surface area contributed by atoms with Gasteiger partial charge in [0.1, 0.15) is 21.1 Å².